The van der Waals surface area contributed by atoms with Crippen LogP contribution in [0.15, 0.2) is 18.3 Å². The molecule has 0 aliphatic heterocycles. The summed E-state index contributed by atoms with van der Waals surface area (Å²) in [6.07, 6.45) is 8.80. The van der Waals surface area contributed by atoms with Gasteiger partial charge in [0.15, 0.2) is 0 Å². The van der Waals surface area contributed by atoms with Crippen LogP contribution in [0.25, 0.3) is 0 Å². The van der Waals surface area contributed by atoms with Gasteiger partial charge >= 0.3 is 0 Å². The van der Waals surface area contributed by atoms with E-state index in [0.717, 1.165) is 17.3 Å². The molecule has 0 saturated heterocycles. The molecule has 0 radical (unpaired) electrons. The van der Waals surface area contributed by atoms with E-state index in [2.05, 4.69) is 23.3 Å². The van der Waals surface area contributed by atoms with Crippen molar-refractivity contribution in [2.75, 3.05) is 12.4 Å². The Balaban J connectivity index is 1.79. The normalized spacial score (nSPS) is 23.9. The van der Waals surface area contributed by atoms with E-state index >= 15 is 0 Å². The van der Waals surface area contributed by atoms with Crippen molar-refractivity contribution >= 4 is 5.82 Å². The van der Waals surface area contributed by atoms with Crippen molar-refractivity contribution in [2.45, 2.75) is 51.7 Å². The quantitative estimate of drug-likeness (QED) is 0.864. The minimum absolute atomic E-state index is 0.452. The maximum Gasteiger partial charge on any atom is 0.125 e. The van der Waals surface area contributed by atoms with Crippen molar-refractivity contribution in [1.82, 2.24) is 4.98 Å². The van der Waals surface area contributed by atoms with E-state index in [1.807, 2.05) is 19.3 Å². The SMILES string of the molecule is CCC1CCCC(OCc2ccc(NC)nc2)C1. The number of hydrogen-bond acceptors (Lipinski definition) is 3. The maximum absolute atomic E-state index is 6.01. The third kappa shape index (κ3) is 3.70. The molecule has 1 aromatic rings. The summed E-state index contributed by atoms with van der Waals surface area (Å²) >= 11 is 0. The van der Waals surface area contributed by atoms with Gasteiger partial charge < -0.3 is 10.1 Å². The van der Waals surface area contributed by atoms with Gasteiger partial charge in [-0.3, -0.25) is 0 Å². The molecule has 1 saturated carbocycles. The molecule has 2 unspecified atom stereocenters. The number of nitrogens with one attached hydrogen (secondary N) is 1. The highest BCUT2D eigenvalue weighted by Crippen LogP contribution is 2.28. The molecule has 0 spiro atoms. The second kappa shape index (κ2) is 6.74. The minimum atomic E-state index is 0.452. The van der Waals surface area contributed by atoms with Crippen LogP contribution in [-0.2, 0) is 11.3 Å². The molecule has 0 amide bonds. The maximum atomic E-state index is 6.01. The number of ether oxygens (including phenoxy) is 1. The van der Waals surface area contributed by atoms with Gasteiger partial charge in [0.25, 0.3) is 0 Å². The van der Waals surface area contributed by atoms with E-state index in [-0.39, 0.29) is 0 Å². The molecule has 1 aliphatic carbocycles. The molecule has 1 N–H and O–H groups in total. The van der Waals surface area contributed by atoms with Crippen molar-refractivity contribution in [3.05, 3.63) is 23.9 Å². The molecule has 1 aromatic heterocycles. The molecule has 3 nitrogen and oxygen atoms in total. The van der Waals surface area contributed by atoms with Crippen molar-refractivity contribution in [2.24, 2.45) is 5.92 Å². The lowest BCUT2D eigenvalue weighted by atomic mass is 9.85. The van der Waals surface area contributed by atoms with Gasteiger partial charge in [-0.2, -0.15) is 0 Å². The van der Waals surface area contributed by atoms with Crippen LogP contribution in [0.2, 0.25) is 0 Å². The van der Waals surface area contributed by atoms with Crippen LogP contribution in [0.5, 0.6) is 0 Å². The molecule has 100 valence electrons. The molecule has 18 heavy (non-hydrogen) atoms. The summed E-state index contributed by atoms with van der Waals surface area (Å²) < 4.78 is 6.01. The fraction of sp³-hybridized carbons (Fsp3) is 0.667. The van der Waals surface area contributed by atoms with E-state index in [4.69, 9.17) is 4.74 Å². The summed E-state index contributed by atoms with van der Waals surface area (Å²) in [5.74, 6) is 1.77. The topological polar surface area (TPSA) is 34.1 Å². The van der Waals surface area contributed by atoms with Crippen LogP contribution in [0.3, 0.4) is 0 Å². The summed E-state index contributed by atoms with van der Waals surface area (Å²) in [4.78, 5) is 4.30. The zero-order chi connectivity index (χ0) is 12.8. The molecular formula is C15H24N2O. The second-order valence-corrected chi connectivity index (χ2v) is 5.18. The zero-order valence-corrected chi connectivity index (χ0v) is 11.5. The highest BCUT2D eigenvalue weighted by Gasteiger charge is 2.21. The van der Waals surface area contributed by atoms with E-state index in [0.29, 0.717) is 12.7 Å². The van der Waals surface area contributed by atoms with Crippen molar-refractivity contribution in [1.29, 1.82) is 0 Å². The van der Waals surface area contributed by atoms with Crippen molar-refractivity contribution in [3.8, 4) is 0 Å². The first-order chi connectivity index (χ1) is 8.81. The number of anilines is 1. The Bertz CT molecular complexity index is 350. The van der Waals surface area contributed by atoms with Crippen molar-refractivity contribution in [3.63, 3.8) is 0 Å². The smallest absolute Gasteiger partial charge is 0.125 e. The van der Waals surface area contributed by atoms with E-state index in [1.54, 1.807) is 0 Å². The first-order valence-electron chi connectivity index (χ1n) is 7.06. The Kier molecular flexibility index (Phi) is 5.00. The van der Waals surface area contributed by atoms with Crippen LogP contribution in [0.4, 0.5) is 5.82 Å². The van der Waals surface area contributed by atoms with Crippen molar-refractivity contribution < 1.29 is 4.74 Å². The van der Waals surface area contributed by atoms with Crippen LogP contribution in [0.1, 0.15) is 44.6 Å². The number of hydrogen-bond donors (Lipinski definition) is 1. The Hall–Kier alpha value is -1.09. The van der Waals surface area contributed by atoms with Gasteiger partial charge in [0.2, 0.25) is 0 Å². The Morgan fingerprint density at radius 3 is 2.94 bits per heavy atom. The van der Waals surface area contributed by atoms with Gasteiger partial charge in [-0.05, 0) is 30.4 Å². The molecule has 2 rings (SSSR count). The number of aromatic nitrogens is 1. The number of rotatable bonds is 5. The number of pyridine rings is 1. The van der Waals surface area contributed by atoms with Crippen LogP contribution < -0.4 is 5.32 Å². The van der Waals surface area contributed by atoms with E-state index in [1.165, 1.54) is 32.1 Å². The zero-order valence-electron chi connectivity index (χ0n) is 11.5. The molecule has 1 fully saturated rings. The van der Waals surface area contributed by atoms with Crippen LogP contribution in [-0.4, -0.2) is 18.1 Å². The average Bonchev–Trinajstić information content (AvgIpc) is 2.46. The molecule has 0 aromatic carbocycles. The second-order valence-electron chi connectivity index (χ2n) is 5.18. The predicted molar refractivity (Wildman–Crippen MR) is 74.6 cm³/mol. The molecule has 2 atom stereocenters. The van der Waals surface area contributed by atoms with E-state index in [9.17, 15) is 0 Å². The average molecular weight is 248 g/mol. The third-order valence-electron chi connectivity index (χ3n) is 3.88. The molecular weight excluding hydrogens is 224 g/mol. The summed E-state index contributed by atoms with van der Waals surface area (Å²) in [7, 11) is 1.88. The van der Waals surface area contributed by atoms with Gasteiger partial charge in [-0.25, -0.2) is 4.98 Å². The lowest BCUT2D eigenvalue weighted by molar-refractivity contribution is 0.00167. The van der Waals surface area contributed by atoms with Gasteiger partial charge in [-0.1, -0.05) is 32.3 Å². The van der Waals surface area contributed by atoms with Crippen LogP contribution >= 0.6 is 0 Å². The first-order valence-corrected chi connectivity index (χ1v) is 7.06. The van der Waals surface area contributed by atoms with Gasteiger partial charge in [0.05, 0.1) is 12.7 Å². The monoisotopic (exact) mass is 248 g/mol. The van der Waals surface area contributed by atoms with E-state index < -0.39 is 0 Å². The highest BCUT2D eigenvalue weighted by atomic mass is 16.5. The third-order valence-corrected chi connectivity index (χ3v) is 3.88. The largest absolute Gasteiger partial charge is 0.373 e. The fourth-order valence-electron chi connectivity index (χ4n) is 2.64. The highest BCUT2D eigenvalue weighted by molar-refractivity contribution is 5.34. The summed E-state index contributed by atoms with van der Waals surface area (Å²) in [6, 6.07) is 4.08. The lowest BCUT2D eigenvalue weighted by Crippen LogP contribution is -2.22. The van der Waals surface area contributed by atoms with Crippen LogP contribution in [0, 0.1) is 5.92 Å². The number of nitrogens with zero attached hydrogens (tertiary/aromatic N) is 1. The first kappa shape index (κ1) is 13.3. The minimum Gasteiger partial charge on any atom is -0.373 e. The summed E-state index contributed by atoms with van der Waals surface area (Å²) in [5, 5.41) is 3.02. The molecule has 1 heterocycles. The fourth-order valence-corrected chi connectivity index (χ4v) is 2.64. The Morgan fingerprint density at radius 1 is 1.39 bits per heavy atom. The Morgan fingerprint density at radius 2 is 2.28 bits per heavy atom. The summed E-state index contributed by atoms with van der Waals surface area (Å²) in [6.45, 7) is 2.98. The Labute approximate surface area is 110 Å². The van der Waals surface area contributed by atoms with Gasteiger partial charge in [0.1, 0.15) is 5.82 Å². The molecule has 3 heteroatoms. The molecule has 0 bridgehead atoms. The summed E-state index contributed by atoms with van der Waals surface area (Å²) in [5.41, 5.74) is 1.16. The predicted octanol–water partition coefficient (Wildman–Crippen LogP) is 3.61. The molecule has 1 aliphatic rings. The van der Waals surface area contributed by atoms with Gasteiger partial charge in [-0.15, -0.1) is 0 Å². The van der Waals surface area contributed by atoms with Gasteiger partial charge in [0, 0.05) is 13.2 Å². The standard InChI is InChI=1S/C15H24N2O/c1-3-12-5-4-6-14(9-12)18-11-13-7-8-15(16-2)17-10-13/h7-8,10,12,14H,3-6,9,11H2,1-2H3,(H,16,17). The lowest BCUT2D eigenvalue weighted by Gasteiger charge is -2.28.